The Morgan fingerprint density at radius 3 is 1.20 bits per heavy atom. The molecule has 4 aromatic carbocycles. The fraction of sp³-hybridized carbons (Fsp3) is 0.400. The first-order chi connectivity index (χ1) is 27.0. The Kier molecular flexibility index (Phi) is 14.1. The van der Waals surface area contributed by atoms with Gasteiger partial charge in [-0.15, -0.1) is 0 Å². The van der Waals surface area contributed by atoms with Crippen LogP contribution in [0.4, 0.5) is 11.4 Å². The molecular weight excluding hydrogens is 708 g/mol. The van der Waals surface area contributed by atoms with Crippen LogP contribution in [0.15, 0.2) is 60.7 Å². The summed E-state index contributed by atoms with van der Waals surface area (Å²) in [6.07, 6.45) is 0. The van der Waals surface area contributed by atoms with Gasteiger partial charge >= 0.3 is 0 Å². The van der Waals surface area contributed by atoms with Gasteiger partial charge in [0, 0.05) is 81.4 Å². The molecule has 4 aromatic rings. The van der Waals surface area contributed by atoms with Crippen LogP contribution in [-0.2, 0) is 23.7 Å². The minimum Gasteiger partial charge on any atom is -0.382 e. The van der Waals surface area contributed by atoms with Crippen LogP contribution < -0.4 is 22.1 Å². The van der Waals surface area contributed by atoms with Crippen molar-refractivity contribution in [3.05, 3.63) is 82.9 Å². The Balaban J connectivity index is 0.998. The number of carbonyl (C=O) groups excluding carboxylic acids is 4. The molecule has 0 bridgehead atoms. The van der Waals surface area contributed by atoms with Gasteiger partial charge in [0.15, 0.2) is 0 Å². The first kappa shape index (κ1) is 39.7. The lowest BCUT2D eigenvalue weighted by molar-refractivity contribution is 0.0454. The summed E-state index contributed by atoms with van der Waals surface area (Å²) >= 11 is 0. The van der Waals surface area contributed by atoms with E-state index in [4.69, 9.17) is 35.2 Å². The van der Waals surface area contributed by atoms with Gasteiger partial charge < -0.3 is 45.8 Å². The van der Waals surface area contributed by atoms with Crippen molar-refractivity contribution >= 4 is 56.5 Å². The predicted octanol–water partition coefficient (Wildman–Crippen LogP) is 2.71. The van der Waals surface area contributed by atoms with Crippen LogP contribution >= 0.6 is 0 Å². The number of amides is 4. The molecule has 0 atom stereocenters. The predicted molar refractivity (Wildman–Crippen MR) is 208 cm³/mol. The van der Waals surface area contributed by atoms with Crippen LogP contribution in [-0.4, -0.2) is 139 Å². The molecule has 0 aromatic heterocycles. The number of hydrogen-bond donors (Lipinski definition) is 4. The summed E-state index contributed by atoms with van der Waals surface area (Å²) in [6.45, 7) is 5.81. The van der Waals surface area contributed by atoms with Gasteiger partial charge in [0.25, 0.3) is 23.6 Å². The van der Waals surface area contributed by atoms with Crippen molar-refractivity contribution in [1.82, 2.24) is 9.80 Å². The highest BCUT2D eigenvalue weighted by atomic mass is 16.5. The summed E-state index contributed by atoms with van der Waals surface area (Å²) in [7, 11) is 0. The Bertz CT molecular complexity index is 1820. The highest BCUT2D eigenvalue weighted by Crippen LogP contribution is 2.36. The summed E-state index contributed by atoms with van der Waals surface area (Å²) in [5, 5.41) is 9.42. The van der Waals surface area contributed by atoms with Crippen molar-refractivity contribution in [2.75, 3.05) is 116 Å². The molecule has 15 heteroatoms. The molecule has 0 aliphatic carbocycles. The van der Waals surface area contributed by atoms with E-state index in [9.17, 15) is 19.2 Å². The second-order valence-electron chi connectivity index (χ2n) is 12.8. The molecule has 0 saturated carbocycles. The SMILES string of the molecule is NCCOCCOCCNc1ccc2c3c(cccc13)C(=O)N(CCOCCN1C(=O)c3cccc4c(NCCOCCOCCN)ccc(c34)C1=O)C2=O. The highest BCUT2D eigenvalue weighted by Gasteiger charge is 2.35. The first-order valence-electron chi connectivity index (χ1n) is 18.6. The molecule has 0 unspecified atom stereocenters. The van der Waals surface area contributed by atoms with E-state index in [1.807, 2.05) is 24.3 Å². The van der Waals surface area contributed by atoms with Gasteiger partial charge in [-0.3, -0.25) is 29.0 Å². The molecule has 2 heterocycles. The van der Waals surface area contributed by atoms with Crippen LogP contribution in [0.25, 0.3) is 21.5 Å². The zero-order valence-corrected chi connectivity index (χ0v) is 30.8. The molecule has 55 heavy (non-hydrogen) atoms. The molecule has 2 aliphatic heterocycles. The van der Waals surface area contributed by atoms with Gasteiger partial charge in [-0.2, -0.15) is 0 Å². The maximum Gasteiger partial charge on any atom is 0.261 e. The number of hydrogen-bond acceptors (Lipinski definition) is 13. The number of ether oxygens (including phenoxy) is 5. The zero-order chi connectivity index (χ0) is 38.6. The molecular formula is C40H48N6O9. The molecule has 0 spiro atoms. The largest absolute Gasteiger partial charge is 0.382 e. The van der Waals surface area contributed by atoms with E-state index in [0.29, 0.717) is 112 Å². The van der Waals surface area contributed by atoms with Crippen molar-refractivity contribution in [2.45, 2.75) is 0 Å². The lowest BCUT2D eigenvalue weighted by Gasteiger charge is -2.29. The maximum absolute atomic E-state index is 13.6. The number of nitrogens with two attached hydrogens (primary N) is 2. The summed E-state index contributed by atoms with van der Waals surface area (Å²) < 4.78 is 27.6. The Morgan fingerprint density at radius 1 is 0.436 bits per heavy atom. The zero-order valence-electron chi connectivity index (χ0n) is 30.8. The third-order valence-corrected chi connectivity index (χ3v) is 9.29. The third-order valence-electron chi connectivity index (χ3n) is 9.29. The van der Waals surface area contributed by atoms with Crippen molar-refractivity contribution in [2.24, 2.45) is 11.5 Å². The van der Waals surface area contributed by atoms with Crippen LogP contribution in [0.2, 0.25) is 0 Å². The highest BCUT2D eigenvalue weighted by molar-refractivity contribution is 6.27. The molecule has 0 radical (unpaired) electrons. The number of nitrogens with zero attached hydrogens (tertiary/aromatic N) is 2. The van der Waals surface area contributed by atoms with E-state index in [0.717, 1.165) is 22.1 Å². The fourth-order valence-corrected chi connectivity index (χ4v) is 6.75. The van der Waals surface area contributed by atoms with Crippen LogP contribution in [0.5, 0.6) is 0 Å². The van der Waals surface area contributed by atoms with Gasteiger partial charge in [-0.1, -0.05) is 24.3 Å². The van der Waals surface area contributed by atoms with E-state index >= 15 is 0 Å². The van der Waals surface area contributed by atoms with Gasteiger partial charge in [-0.25, -0.2) is 0 Å². The molecule has 15 nitrogen and oxygen atoms in total. The average molecular weight is 757 g/mol. The average Bonchev–Trinajstić information content (AvgIpc) is 3.20. The molecule has 4 amide bonds. The van der Waals surface area contributed by atoms with Gasteiger partial charge in [-0.05, 0) is 36.4 Å². The van der Waals surface area contributed by atoms with Crippen LogP contribution in [0.3, 0.4) is 0 Å². The van der Waals surface area contributed by atoms with Crippen molar-refractivity contribution in [1.29, 1.82) is 0 Å². The van der Waals surface area contributed by atoms with Crippen LogP contribution in [0.1, 0.15) is 41.4 Å². The van der Waals surface area contributed by atoms with Crippen molar-refractivity contribution < 1.29 is 42.9 Å². The monoisotopic (exact) mass is 756 g/mol. The van der Waals surface area contributed by atoms with E-state index in [1.165, 1.54) is 9.80 Å². The fourth-order valence-electron chi connectivity index (χ4n) is 6.75. The summed E-state index contributed by atoms with van der Waals surface area (Å²) in [5.41, 5.74) is 14.1. The maximum atomic E-state index is 13.6. The molecule has 6 N–H and O–H groups in total. The second-order valence-corrected chi connectivity index (χ2v) is 12.8. The first-order valence-corrected chi connectivity index (χ1v) is 18.6. The Morgan fingerprint density at radius 2 is 0.800 bits per heavy atom. The number of imide groups is 2. The number of carbonyl (C=O) groups is 4. The molecule has 0 saturated heterocycles. The van der Waals surface area contributed by atoms with Gasteiger partial charge in [0.1, 0.15) is 0 Å². The minimum absolute atomic E-state index is 0.00669. The number of rotatable bonds is 24. The summed E-state index contributed by atoms with van der Waals surface area (Å²) in [6, 6.07) is 17.9. The van der Waals surface area contributed by atoms with E-state index in [-0.39, 0.29) is 26.3 Å². The molecule has 0 fully saturated rings. The number of benzene rings is 4. The van der Waals surface area contributed by atoms with Gasteiger partial charge in [0.2, 0.25) is 0 Å². The van der Waals surface area contributed by atoms with Gasteiger partial charge in [0.05, 0.1) is 79.2 Å². The topological polar surface area (TPSA) is 197 Å². The van der Waals surface area contributed by atoms with Crippen molar-refractivity contribution in [3.8, 4) is 0 Å². The van der Waals surface area contributed by atoms with Crippen molar-refractivity contribution in [3.63, 3.8) is 0 Å². The minimum atomic E-state index is -0.412. The van der Waals surface area contributed by atoms with E-state index in [2.05, 4.69) is 10.6 Å². The summed E-state index contributed by atoms with van der Waals surface area (Å²) in [4.78, 5) is 56.6. The number of nitrogens with one attached hydrogen (secondary N) is 2. The smallest absolute Gasteiger partial charge is 0.261 e. The van der Waals surface area contributed by atoms with E-state index in [1.54, 1.807) is 36.4 Å². The summed E-state index contributed by atoms with van der Waals surface area (Å²) in [5.74, 6) is -1.65. The third kappa shape index (κ3) is 9.11. The standard InChI is InChI=1S/C40H48N6O9/c41-11-17-51-23-25-53-19-13-43-33-9-7-31-35-27(33)3-1-5-29(35)37(47)45(39(31)49)15-21-55-22-16-46-38(48)30-6-2-4-28-34(10-8-32(36(28)30)40(46)50)44-14-20-54-26-24-52-18-12-42/h1-10,43-44H,11-26,41-42H2. The molecule has 6 rings (SSSR count). The number of anilines is 2. The second kappa shape index (κ2) is 19.5. The molecule has 2 aliphatic rings. The van der Waals surface area contributed by atoms with Crippen LogP contribution in [0, 0.1) is 0 Å². The Hall–Kier alpha value is -5.00. The lowest BCUT2D eigenvalue weighted by atomic mass is 9.93. The quantitative estimate of drug-likeness (QED) is 0.0602. The van der Waals surface area contributed by atoms with E-state index < -0.39 is 23.6 Å². The Labute approximate surface area is 319 Å². The lowest BCUT2D eigenvalue weighted by Crippen LogP contribution is -2.43. The molecule has 292 valence electrons. The normalized spacial score (nSPS) is 13.8.